The molecule has 0 aromatic carbocycles. The molecule has 2 rings (SSSR count). The number of hydrogen-bond donors (Lipinski definition) is 1. The minimum atomic E-state index is -0.0316. The van der Waals surface area contributed by atoms with Gasteiger partial charge in [-0.2, -0.15) is 0 Å². The summed E-state index contributed by atoms with van der Waals surface area (Å²) in [4.78, 5) is 2.64. The first-order chi connectivity index (χ1) is 8.24. The largest absolute Gasteiger partial charge is 0.393 e. The second kappa shape index (κ2) is 6.19. The lowest BCUT2D eigenvalue weighted by molar-refractivity contribution is 0.0251. The molecule has 0 saturated heterocycles. The van der Waals surface area contributed by atoms with Crippen molar-refractivity contribution in [1.82, 2.24) is 4.90 Å². The maximum absolute atomic E-state index is 10.2. The van der Waals surface area contributed by atoms with Crippen LogP contribution in [0.25, 0.3) is 0 Å². The molecular weight excluding hydrogens is 210 g/mol. The molecule has 0 aromatic rings. The predicted molar refractivity (Wildman–Crippen MR) is 72.0 cm³/mol. The summed E-state index contributed by atoms with van der Waals surface area (Å²) in [5.74, 6) is 1.41. The molecule has 0 aliphatic heterocycles. The van der Waals surface area contributed by atoms with Crippen molar-refractivity contribution in [1.29, 1.82) is 0 Å². The van der Waals surface area contributed by atoms with Crippen LogP contribution >= 0.6 is 0 Å². The van der Waals surface area contributed by atoms with Crippen LogP contribution in [0.5, 0.6) is 0 Å². The van der Waals surface area contributed by atoms with Crippen LogP contribution in [0.15, 0.2) is 0 Å². The predicted octanol–water partition coefficient (Wildman–Crippen LogP) is 3.05. The van der Waals surface area contributed by atoms with E-state index < -0.39 is 0 Å². The Hall–Kier alpha value is -0.0800. The molecule has 2 nitrogen and oxygen atoms in total. The molecule has 17 heavy (non-hydrogen) atoms. The van der Waals surface area contributed by atoms with Crippen LogP contribution in [0.1, 0.15) is 58.8 Å². The van der Waals surface area contributed by atoms with Gasteiger partial charge in [0.25, 0.3) is 0 Å². The normalized spacial score (nSPS) is 34.2. The van der Waals surface area contributed by atoms with E-state index in [1.54, 1.807) is 0 Å². The summed E-state index contributed by atoms with van der Waals surface area (Å²) in [5.41, 5.74) is 0. The quantitative estimate of drug-likeness (QED) is 0.770. The molecule has 0 radical (unpaired) electrons. The maximum Gasteiger partial charge on any atom is 0.0580 e. The molecule has 100 valence electrons. The van der Waals surface area contributed by atoms with E-state index in [0.29, 0.717) is 5.92 Å². The molecule has 0 amide bonds. The monoisotopic (exact) mass is 239 g/mol. The maximum atomic E-state index is 10.2. The van der Waals surface area contributed by atoms with Crippen molar-refractivity contribution in [3.05, 3.63) is 0 Å². The third kappa shape index (κ3) is 3.69. The number of aliphatic hydroxyl groups excluding tert-OH is 1. The van der Waals surface area contributed by atoms with Crippen molar-refractivity contribution in [3.63, 3.8) is 0 Å². The van der Waals surface area contributed by atoms with Gasteiger partial charge in [-0.15, -0.1) is 0 Å². The van der Waals surface area contributed by atoms with Crippen LogP contribution in [-0.2, 0) is 0 Å². The third-order valence-corrected chi connectivity index (χ3v) is 4.67. The van der Waals surface area contributed by atoms with Gasteiger partial charge in [-0.05, 0) is 56.9 Å². The van der Waals surface area contributed by atoms with E-state index >= 15 is 0 Å². The Balaban J connectivity index is 1.85. The first-order valence-corrected chi connectivity index (χ1v) is 7.66. The zero-order chi connectivity index (χ0) is 12.3. The topological polar surface area (TPSA) is 23.5 Å². The lowest BCUT2D eigenvalue weighted by Gasteiger charge is -2.36. The smallest absolute Gasteiger partial charge is 0.0580 e. The van der Waals surface area contributed by atoms with Crippen LogP contribution in [0.3, 0.4) is 0 Å². The highest BCUT2D eigenvalue weighted by molar-refractivity contribution is 4.88. The molecule has 2 aliphatic carbocycles. The standard InChI is InChI=1S/C15H29NO/c1-3-9-16(14-6-7-14)11-13-10-12(4-2)5-8-15(13)17/h12-15,17H,3-11H2,1-2H3. The zero-order valence-corrected chi connectivity index (χ0v) is 11.6. The molecule has 2 saturated carbocycles. The van der Waals surface area contributed by atoms with Crippen molar-refractivity contribution < 1.29 is 5.11 Å². The fraction of sp³-hybridized carbons (Fsp3) is 1.00. The van der Waals surface area contributed by atoms with E-state index in [-0.39, 0.29) is 6.10 Å². The number of aliphatic hydroxyl groups is 1. The van der Waals surface area contributed by atoms with Crippen LogP contribution in [0, 0.1) is 11.8 Å². The van der Waals surface area contributed by atoms with Crippen LogP contribution < -0.4 is 0 Å². The molecule has 0 aromatic heterocycles. The van der Waals surface area contributed by atoms with E-state index in [1.807, 2.05) is 0 Å². The van der Waals surface area contributed by atoms with Gasteiger partial charge >= 0.3 is 0 Å². The Labute approximate surface area is 106 Å². The van der Waals surface area contributed by atoms with Crippen molar-refractivity contribution in [3.8, 4) is 0 Å². The number of nitrogens with zero attached hydrogens (tertiary/aromatic N) is 1. The van der Waals surface area contributed by atoms with Gasteiger partial charge in [-0.3, -0.25) is 0 Å². The fourth-order valence-electron chi connectivity index (χ4n) is 3.36. The third-order valence-electron chi connectivity index (χ3n) is 4.67. The number of hydrogen-bond acceptors (Lipinski definition) is 2. The summed E-state index contributed by atoms with van der Waals surface area (Å²) in [6.07, 6.45) is 8.82. The molecule has 2 heteroatoms. The van der Waals surface area contributed by atoms with Gasteiger partial charge < -0.3 is 10.0 Å². The van der Waals surface area contributed by atoms with Crippen molar-refractivity contribution in [2.75, 3.05) is 13.1 Å². The lowest BCUT2D eigenvalue weighted by atomic mass is 9.78. The Morgan fingerprint density at radius 3 is 2.47 bits per heavy atom. The average Bonchev–Trinajstić information content (AvgIpc) is 3.15. The van der Waals surface area contributed by atoms with Crippen LogP contribution in [0.4, 0.5) is 0 Å². The second-order valence-electron chi connectivity index (χ2n) is 6.14. The van der Waals surface area contributed by atoms with Gasteiger partial charge in [-0.1, -0.05) is 20.3 Å². The highest BCUT2D eigenvalue weighted by Gasteiger charge is 2.34. The Morgan fingerprint density at radius 2 is 1.88 bits per heavy atom. The minimum absolute atomic E-state index is 0.0316. The molecule has 3 atom stereocenters. The highest BCUT2D eigenvalue weighted by atomic mass is 16.3. The van der Waals surface area contributed by atoms with E-state index in [0.717, 1.165) is 24.9 Å². The van der Waals surface area contributed by atoms with Crippen molar-refractivity contribution in [2.45, 2.75) is 70.9 Å². The number of rotatable bonds is 6. The SMILES string of the molecule is CCCN(CC1CC(CC)CCC1O)C1CC1. The van der Waals surface area contributed by atoms with Crippen LogP contribution in [-0.4, -0.2) is 35.2 Å². The summed E-state index contributed by atoms with van der Waals surface area (Å²) in [6.45, 7) is 6.94. The molecule has 2 aliphatic rings. The van der Waals surface area contributed by atoms with Crippen LogP contribution in [0.2, 0.25) is 0 Å². The van der Waals surface area contributed by atoms with E-state index in [4.69, 9.17) is 0 Å². The summed E-state index contributed by atoms with van der Waals surface area (Å²) < 4.78 is 0. The Kier molecular flexibility index (Phi) is 4.87. The molecule has 0 bridgehead atoms. The summed E-state index contributed by atoms with van der Waals surface area (Å²) in [6, 6.07) is 0.851. The van der Waals surface area contributed by atoms with Gasteiger partial charge in [0.1, 0.15) is 0 Å². The second-order valence-corrected chi connectivity index (χ2v) is 6.14. The van der Waals surface area contributed by atoms with Crippen molar-refractivity contribution >= 4 is 0 Å². The Morgan fingerprint density at radius 1 is 1.12 bits per heavy atom. The van der Waals surface area contributed by atoms with E-state index in [2.05, 4.69) is 18.7 Å². The van der Waals surface area contributed by atoms with Gasteiger partial charge in [0, 0.05) is 12.6 Å². The van der Waals surface area contributed by atoms with Gasteiger partial charge in [-0.25, -0.2) is 0 Å². The fourth-order valence-corrected chi connectivity index (χ4v) is 3.36. The Bertz CT molecular complexity index is 227. The summed E-state index contributed by atoms with van der Waals surface area (Å²) in [5, 5.41) is 10.2. The molecule has 1 N–H and O–H groups in total. The molecule has 0 spiro atoms. The molecule has 2 fully saturated rings. The summed E-state index contributed by atoms with van der Waals surface area (Å²) in [7, 11) is 0. The first kappa shape index (κ1) is 13.4. The highest BCUT2D eigenvalue weighted by Crippen LogP contribution is 2.34. The van der Waals surface area contributed by atoms with E-state index in [1.165, 1.54) is 45.1 Å². The van der Waals surface area contributed by atoms with Gasteiger partial charge in [0.05, 0.1) is 6.10 Å². The average molecular weight is 239 g/mol. The summed E-state index contributed by atoms with van der Waals surface area (Å²) >= 11 is 0. The zero-order valence-electron chi connectivity index (χ0n) is 11.6. The first-order valence-electron chi connectivity index (χ1n) is 7.66. The van der Waals surface area contributed by atoms with Gasteiger partial charge in [0.2, 0.25) is 0 Å². The molecule has 3 unspecified atom stereocenters. The van der Waals surface area contributed by atoms with Gasteiger partial charge in [0.15, 0.2) is 0 Å². The molecular formula is C15H29NO. The minimum Gasteiger partial charge on any atom is -0.393 e. The lowest BCUT2D eigenvalue weighted by Crippen LogP contribution is -2.40. The van der Waals surface area contributed by atoms with Crippen molar-refractivity contribution in [2.24, 2.45) is 11.8 Å². The molecule has 0 heterocycles. The van der Waals surface area contributed by atoms with E-state index in [9.17, 15) is 5.11 Å².